The molecule has 0 radical (unpaired) electrons. The Hall–Kier alpha value is -1.57. The Morgan fingerprint density at radius 3 is 2.50 bits per heavy atom. The third-order valence-electron chi connectivity index (χ3n) is 1.67. The fraction of sp³-hybridized carbons (Fsp3) is 0.375. The Balaban J connectivity index is 3.23. The molecule has 1 aromatic heterocycles. The highest BCUT2D eigenvalue weighted by atomic mass is 19.4. The molecule has 0 amide bonds. The van der Waals surface area contributed by atoms with E-state index in [-0.39, 0.29) is 5.69 Å². The topological polar surface area (TPSA) is 62.3 Å². The van der Waals surface area contributed by atoms with E-state index in [0.29, 0.717) is 0 Å². The van der Waals surface area contributed by atoms with Crippen molar-refractivity contribution in [2.75, 3.05) is 0 Å². The summed E-state index contributed by atoms with van der Waals surface area (Å²) >= 11 is 0. The molecule has 0 spiro atoms. The van der Waals surface area contributed by atoms with Crippen LogP contribution in [0.25, 0.3) is 0 Å². The Morgan fingerprint density at radius 1 is 1.44 bits per heavy atom. The van der Waals surface area contributed by atoms with E-state index in [1.54, 1.807) is 0 Å². The number of H-pyrrole nitrogens is 1. The van der Waals surface area contributed by atoms with Crippen molar-refractivity contribution < 1.29 is 27.4 Å². The molecule has 90 valence electrons. The van der Waals surface area contributed by atoms with Gasteiger partial charge in [0, 0.05) is 11.8 Å². The molecule has 8 heteroatoms. The molecule has 0 fully saturated rings. The van der Waals surface area contributed by atoms with Gasteiger partial charge in [0.05, 0.1) is 12.2 Å². The van der Waals surface area contributed by atoms with Crippen molar-refractivity contribution in [2.45, 2.75) is 19.6 Å². The summed E-state index contributed by atoms with van der Waals surface area (Å²) in [6, 6.07) is 0.804. The summed E-state index contributed by atoms with van der Waals surface area (Å²) in [6.45, 7) is -2.08. The van der Waals surface area contributed by atoms with Gasteiger partial charge in [-0.25, -0.2) is 4.39 Å². The molecule has 1 aromatic rings. The van der Waals surface area contributed by atoms with E-state index in [2.05, 4.69) is 4.74 Å². The van der Waals surface area contributed by atoms with Crippen molar-refractivity contribution in [2.24, 2.45) is 0 Å². The van der Waals surface area contributed by atoms with Gasteiger partial charge in [-0.2, -0.15) is 0 Å². The molecule has 16 heavy (non-hydrogen) atoms. The number of aromatic amines is 1. The number of alkyl halides is 4. The van der Waals surface area contributed by atoms with Crippen LogP contribution in [-0.4, -0.2) is 16.5 Å². The lowest BCUT2D eigenvalue weighted by Crippen LogP contribution is -2.22. The largest absolute Gasteiger partial charge is 0.574 e. The van der Waals surface area contributed by atoms with Gasteiger partial charge in [-0.05, 0) is 0 Å². The zero-order valence-corrected chi connectivity index (χ0v) is 7.77. The summed E-state index contributed by atoms with van der Waals surface area (Å²) in [5.74, 6) is -1.04. The molecule has 1 heterocycles. The first-order chi connectivity index (χ1) is 7.37. The second-order valence-corrected chi connectivity index (χ2v) is 2.81. The molecule has 0 bridgehead atoms. The van der Waals surface area contributed by atoms with Gasteiger partial charge in [0.15, 0.2) is 5.43 Å². The molecule has 2 N–H and O–H groups in total. The first-order valence-corrected chi connectivity index (χ1v) is 4.05. The Labute approximate surface area is 86.5 Å². The SMILES string of the molecule is O=c1cc(CO)[nH]c(OC(F)(F)F)c1CF. The number of rotatable bonds is 3. The molecule has 1 rings (SSSR count). The van der Waals surface area contributed by atoms with Gasteiger partial charge in [-0.15, -0.1) is 13.2 Å². The number of aliphatic hydroxyl groups is 1. The normalized spacial score (nSPS) is 11.6. The molecule has 0 unspecified atom stereocenters. The van der Waals surface area contributed by atoms with Gasteiger partial charge in [-0.3, -0.25) is 4.79 Å². The minimum atomic E-state index is -5.04. The highest BCUT2D eigenvalue weighted by Gasteiger charge is 2.33. The van der Waals surface area contributed by atoms with Crippen molar-refractivity contribution in [3.8, 4) is 5.88 Å². The molecule has 0 aliphatic carbocycles. The Kier molecular flexibility index (Phi) is 3.53. The summed E-state index contributed by atoms with van der Waals surface area (Å²) in [4.78, 5) is 13.1. The number of halogens is 4. The lowest BCUT2D eigenvalue weighted by molar-refractivity contribution is -0.276. The first kappa shape index (κ1) is 12.5. The molecule has 0 atom stereocenters. The molecule has 0 aromatic carbocycles. The summed E-state index contributed by atoms with van der Waals surface area (Å²) in [6.07, 6.45) is -5.04. The fourth-order valence-electron chi connectivity index (χ4n) is 1.03. The van der Waals surface area contributed by atoms with Crippen LogP contribution < -0.4 is 10.2 Å². The van der Waals surface area contributed by atoms with Crippen LogP contribution in [-0.2, 0) is 13.3 Å². The zero-order valence-electron chi connectivity index (χ0n) is 7.77. The van der Waals surface area contributed by atoms with Crippen molar-refractivity contribution in [3.63, 3.8) is 0 Å². The zero-order chi connectivity index (χ0) is 12.3. The maximum atomic E-state index is 12.3. The lowest BCUT2D eigenvalue weighted by atomic mass is 10.2. The highest BCUT2D eigenvalue weighted by molar-refractivity contribution is 5.28. The molecule has 0 aliphatic heterocycles. The Bertz CT molecular complexity index is 426. The van der Waals surface area contributed by atoms with Crippen molar-refractivity contribution in [1.82, 2.24) is 4.98 Å². The van der Waals surface area contributed by atoms with E-state index in [1.165, 1.54) is 0 Å². The summed E-state index contributed by atoms with van der Waals surface area (Å²) in [5, 5.41) is 8.65. The fourth-order valence-corrected chi connectivity index (χ4v) is 1.03. The van der Waals surface area contributed by atoms with Crippen LogP contribution >= 0.6 is 0 Å². The molecule has 0 saturated carbocycles. The van der Waals surface area contributed by atoms with E-state index in [1.807, 2.05) is 4.98 Å². The predicted molar refractivity (Wildman–Crippen MR) is 44.5 cm³/mol. The van der Waals surface area contributed by atoms with E-state index < -0.39 is 36.5 Å². The number of ether oxygens (including phenoxy) is 1. The minimum Gasteiger partial charge on any atom is -0.390 e. The average Bonchev–Trinajstić information content (AvgIpc) is 2.14. The lowest BCUT2D eigenvalue weighted by Gasteiger charge is -2.12. The van der Waals surface area contributed by atoms with E-state index in [9.17, 15) is 22.4 Å². The van der Waals surface area contributed by atoms with Gasteiger partial charge in [-0.1, -0.05) is 0 Å². The third-order valence-corrected chi connectivity index (χ3v) is 1.67. The van der Waals surface area contributed by atoms with E-state index in [0.717, 1.165) is 6.07 Å². The van der Waals surface area contributed by atoms with Crippen LogP contribution in [0.15, 0.2) is 10.9 Å². The van der Waals surface area contributed by atoms with Gasteiger partial charge >= 0.3 is 6.36 Å². The van der Waals surface area contributed by atoms with Gasteiger partial charge in [0.2, 0.25) is 5.88 Å². The number of hydrogen-bond donors (Lipinski definition) is 2. The Morgan fingerprint density at radius 2 is 2.06 bits per heavy atom. The smallest absolute Gasteiger partial charge is 0.390 e. The average molecular weight is 241 g/mol. The van der Waals surface area contributed by atoms with Crippen LogP contribution in [0.1, 0.15) is 11.3 Å². The number of pyridine rings is 1. The standard InChI is InChI=1S/C8H7F4NO3/c9-2-5-6(15)1-4(3-14)13-7(5)16-8(10,11)12/h1,14H,2-3H2,(H,13,15). The summed E-state index contributed by atoms with van der Waals surface area (Å²) < 4.78 is 51.5. The van der Waals surface area contributed by atoms with Crippen LogP contribution in [0.4, 0.5) is 17.6 Å². The van der Waals surface area contributed by atoms with Crippen molar-refractivity contribution in [1.29, 1.82) is 0 Å². The van der Waals surface area contributed by atoms with Crippen molar-refractivity contribution >= 4 is 0 Å². The van der Waals surface area contributed by atoms with Gasteiger partial charge < -0.3 is 14.8 Å². The second-order valence-electron chi connectivity index (χ2n) is 2.81. The van der Waals surface area contributed by atoms with Gasteiger partial charge in [0.1, 0.15) is 6.67 Å². The maximum Gasteiger partial charge on any atom is 0.574 e. The number of hydrogen-bond acceptors (Lipinski definition) is 3. The number of aromatic nitrogens is 1. The molecular formula is C8H7F4NO3. The van der Waals surface area contributed by atoms with Crippen LogP contribution in [0.3, 0.4) is 0 Å². The highest BCUT2D eigenvalue weighted by Crippen LogP contribution is 2.23. The minimum absolute atomic E-state index is 0.193. The monoisotopic (exact) mass is 241 g/mol. The summed E-state index contributed by atoms with van der Waals surface area (Å²) in [5.41, 5.74) is -1.93. The second kappa shape index (κ2) is 4.52. The number of nitrogens with one attached hydrogen (secondary N) is 1. The van der Waals surface area contributed by atoms with Crippen molar-refractivity contribution in [3.05, 3.63) is 27.5 Å². The quantitative estimate of drug-likeness (QED) is 0.782. The first-order valence-electron chi connectivity index (χ1n) is 4.05. The molecule has 4 nitrogen and oxygen atoms in total. The van der Waals surface area contributed by atoms with Crippen LogP contribution in [0.5, 0.6) is 5.88 Å². The summed E-state index contributed by atoms with van der Waals surface area (Å²) in [7, 11) is 0. The molecule has 0 saturated heterocycles. The maximum absolute atomic E-state index is 12.3. The molecule has 0 aliphatic rings. The van der Waals surface area contributed by atoms with Crippen LogP contribution in [0.2, 0.25) is 0 Å². The predicted octanol–water partition coefficient (Wildman–Crippen LogP) is 1.24. The van der Waals surface area contributed by atoms with Gasteiger partial charge in [0.25, 0.3) is 0 Å². The van der Waals surface area contributed by atoms with E-state index in [4.69, 9.17) is 5.11 Å². The molecular weight excluding hydrogens is 234 g/mol. The third kappa shape index (κ3) is 2.96. The van der Waals surface area contributed by atoms with Crippen LogP contribution in [0, 0.1) is 0 Å². The number of aliphatic hydroxyl groups excluding tert-OH is 1. The van der Waals surface area contributed by atoms with E-state index >= 15 is 0 Å².